The van der Waals surface area contributed by atoms with E-state index in [-0.39, 0.29) is 11.8 Å². The summed E-state index contributed by atoms with van der Waals surface area (Å²) in [6, 6.07) is 5.68. The maximum absolute atomic E-state index is 12.2. The highest BCUT2D eigenvalue weighted by molar-refractivity contribution is 6.07. The van der Waals surface area contributed by atoms with Crippen molar-refractivity contribution in [3.8, 4) is 0 Å². The normalized spacial score (nSPS) is 19.7. The Bertz CT molecular complexity index is 840. The molecule has 1 saturated heterocycles. The van der Waals surface area contributed by atoms with Gasteiger partial charge in [-0.05, 0) is 31.0 Å². The third-order valence-electron chi connectivity index (χ3n) is 3.93. The lowest BCUT2D eigenvalue weighted by Gasteiger charge is -2.22. The summed E-state index contributed by atoms with van der Waals surface area (Å²) in [6.45, 7) is 3.81. The van der Waals surface area contributed by atoms with E-state index in [1.807, 2.05) is 18.2 Å². The van der Waals surface area contributed by atoms with Crippen molar-refractivity contribution in [2.75, 3.05) is 0 Å². The van der Waals surface area contributed by atoms with Crippen LogP contribution in [0.4, 0.5) is 0 Å². The molecule has 4 heteroatoms. The van der Waals surface area contributed by atoms with Crippen molar-refractivity contribution in [1.82, 2.24) is 5.32 Å². The lowest BCUT2D eigenvalue weighted by molar-refractivity contribution is -0.122. The fourth-order valence-electron chi connectivity index (χ4n) is 2.93. The van der Waals surface area contributed by atoms with Gasteiger partial charge in [-0.1, -0.05) is 6.58 Å². The zero-order chi connectivity index (χ0) is 13.7. The minimum atomic E-state index is -0.192. The van der Waals surface area contributed by atoms with E-state index in [0.29, 0.717) is 0 Å². The van der Waals surface area contributed by atoms with Gasteiger partial charge in [0, 0.05) is 22.0 Å². The van der Waals surface area contributed by atoms with Gasteiger partial charge in [-0.15, -0.1) is 0 Å². The van der Waals surface area contributed by atoms with Gasteiger partial charge in [0.25, 0.3) is 0 Å². The number of carbonyl (C=O) groups excluding carboxylic acids is 1. The van der Waals surface area contributed by atoms with E-state index in [2.05, 4.69) is 11.9 Å². The molecular weight excluding hydrogens is 254 g/mol. The first-order valence-electron chi connectivity index (χ1n) is 6.60. The Labute approximate surface area is 115 Å². The van der Waals surface area contributed by atoms with Crippen LogP contribution in [0.25, 0.3) is 21.9 Å². The summed E-state index contributed by atoms with van der Waals surface area (Å²) in [5, 5.41) is 4.79. The van der Waals surface area contributed by atoms with Gasteiger partial charge < -0.3 is 14.2 Å². The molecule has 1 aliphatic heterocycles. The Hall–Kier alpha value is -2.49. The van der Waals surface area contributed by atoms with Crippen LogP contribution in [-0.4, -0.2) is 5.91 Å². The number of piperidine rings is 1. The molecule has 100 valence electrons. The molecule has 1 fully saturated rings. The molecule has 2 aromatic heterocycles. The van der Waals surface area contributed by atoms with Crippen molar-refractivity contribution in [1.29, 1.82) is 0 Å². The largest absolute Gasteiger partial charge is 0.464 e. The first kappa shape index (κ1) is 11.3. The summed E-state index contributed by atoms with van der Waals surface area (Å²) in [7, 11) is 0. The second-order valence-electron chi connectivity index (χ2n) is 5.15. The number of furan rings is 2. The summed E-state index contributed by atoms with van der Waals surface area (Å²) >= 11 is 0. The summed E-state index contributed by atoms with van der Waals surface area (Å²) in [5.41, 5.74) is 3.30. The molecule has 0 radical (unpaired) electrons. The Balaban J connectivity index is 1.93. The van der Waals surface area contributed by atoms with Crippen LogP contribution in [0.1, 0.15) is 24.3 Å². The third kappa shape index (κ3) is 1.51. The molecule has 0 aliphatic carbocycles. The Morgan fingerprint density at radius 1 is 1.20 bits per heavy atom. The summed E-state index contributed by atoms with van der Waals surface area (Å²) in [4.78, 5) is 12.2. The molecule has 20 heavy (non-hydrogen) atoms. The van der Waals surface area contributed by atoms with E-state index in [1.165, 1.54) is 0 Å². The van der Waals surface area contributed by atoms with Crippen LogP contribution in [0, 0.1) is 0 Å². The van der Waals surface area contributed by atoms with Crippen molar-refractivity contribution < 1.29 is 13.6 Å². The predicted molar refractivity (Wildman–Crippen MR) is 75.2 cm³/mol. The lowest BCUT2D eigenvalue weighted by atomic mass is 9.89. The molecule has 1 aromatic carbocycles. The van der Waals surface area contributed by atoms with Crippen molar-refractivity contribution in [3.05, 3.63) is 48.6 Å². The maximum atomic E-state index is 12.2. The number of benzene rings is 1. The van der Waals surface area contributed by atoms with E-state index >= 15 is 0 Å². The minimum Gasteiger partial charge on any atom is -0.464 e. The number of allylic oxidation sites excluding steroid dienone is 1. The number of hydrogen-bond acceptors (Lipinski definition) is 3. The molecule has 0 bridgehead atoms. The second-order valence-corrected chi connectivity index (χ2v) is 5.15. The first-order valence-corrected chi connectivity index (χ1v) is 6.60. The molecule has 1 atom stereocenters. The standard InChI is InChI=1S/C16H13NO3/c1-9-2-3-10(16(18)17-9)12-8-20-14-5-4-13-11(15(12)14)6-7-19-13/h4-8,10H,1-3H2,(H,17,18)/t10-/m0/s1. The summed E-state index contributed by atoms with van der Waals surface area (Å²) in [6.07, 6.45) is 4.90. The number of carbonyl (C=O) groups is 1. The molecule has 0 unspecified atom stereocenters. The van der Waals surface area contributed by atoms with Crippen molar-refractivity contribution in [2.24, 2.45) is 0 Å². The Morgan fingerprint density at radius 2 is 2.05 bits per heavy atom. The highest BCUT2D eigenvalue weighted by Gasteiger charge is 2.29. The molecule has 3 aromatic rings. The van der Waals surface area contributed by atoms with Gasteiger partial charge >= 0.3 is 0 Å². The smallest absolute Gasteiger partial charge is 0.231 e. The molecule has 1 aliphatic rings. The summed E-state index contributed by atoms with van der Waals surface area (Å²) < 4.78 is 11.0. The second kappa shape index (κ2) is 4.00. The topological polar surface area (TPSA) is 55.4 Å². The van der Waals surface area contributed by atoms with Crippen LogP contribution in [0.15, 0.2) is 51.8 Å². The molecule has 1 amide bonds. The minimum absolute atomic E-state index is 0.00977. The third-order valence-corrected chi connectivity index (χ3v) is 3.93. The fraction of sp³-hybridized carbons (Fsp3) is 0.188. The van der Waals surface area contributed by atoms with E-state index in [9.17, 15) is 4.79 Å². The average molecular weight is 267 g/mol. The zero-order valence-corrected chi connectivity index (χ0v) is 10.8. The molecule has 3 heterocycles. The quantitative estimate of drug-likeness (QED) is 0.731. The van der Waals surface area contributed by atoms with Crippen molar-refractivity contribution in [3.63, 3.8) is 0 Å². The van der Waals surface area contributed by atoms with Gasteiger partial charge in [-0.25, -0.2) is 0 Å². The molecule has 1 N–H and O–H groups in total. The van der Waals surface area contributed by atoms with Crippen LogP contribution < -0.4 is 5.32 Å². The van der Waals surface area contributed by atoms with E-state index in [1.54, 1.807) is 12.5 Å². The van der Waals surface area contributed by atoms with Gasteiger partial charge in [0.05, 0.1) is 18.4 Å². The van der Waals surface area contributed by atoms with E-state index in [4.69, 9.17) is 8.83 Å². The Morgan fingerprint density at radius 3 is 2.90 bits per heavy atom. The maximum Gasteiger partial charge on any atom is 0.231 e. The SMILES string of the molecule is C=C1CC[C@@H](c2coc3ccc4occc4c23)C(=O)N1. The van der Waals surface area contributed by atoms with E-state index < -0.39 is 0 Å². The number of nitrogens with one attached hydrogen (secondary N) is 1. The number of rotatable bonds is 1. The van der Waals surface area contributed by atoms with Gasteiger partial charge in [-0.3, -0.25) is 4.79 Å². The summed E-state index contributed by atoms with van der Waals surface area (Å²) in [5.74, 6) is -0.202. The van der Waals surface area contributed by atoms with Gasteiger partial charge in [0.2, 0.25) is 5.91 Å². The molecule has 0 saturated carbocycles. The van der Waals surface area contributed by atoms with Gasteiger partial charge in [-0.2, -0.15) is 0 Å². The highest BCUT2D eigenvalue weighted by atomic mass is 16.3. The van der Waals surface area contributed by atoms with Crippen LogP contribution in [0.3, 0.4) is 0 Å². The van der Waals surface area contributed by atoms with Crippen LogP contribution in [0.5, 0.6) is 0 Å². The van der Waals surface area contributed by atoms with Crippen LogP contribution in [0.2, 0.25) is 0 Å². The number of fused-ring (bicyclic) bond motifs is 3. The zero-order valence-electron chi connectivity index (χ0n) is 10.8. The fourth-order valence-corrected chi connectivity index (χ4v) is 2.93. The highest BCUT2D eigenvalue weighted by Crippen LogP contribution is 2.37. The molecule has 0 spiro atoms. The predicted octanol–water partition coefficient (Wildman–Crippen LogP) is 3.69. The van der Waals surface area contributed by atoms with Crippen molar-refractivity contribution in [2.45, 2.75) is 18.8 Å². The average Bonchev–Trinajstić information content (AvgIpc) is 3.03. The lowest BCUT2D eigenvalue weighted by Crippen LogP contribution is -2.33. The monoisotopic (exact) mass is 267 g/mol. The van der Waals surface area contributed by atoms with Crippen molar-refractivity contribution >= 4 is 27.8 Å². The van der Waals surface area contributed by atoms with E-state index in [0.717, 1.165) is 46.0 Å². The molecular formula is C16H13NO3. The first-order chi connectivity index (χ1) is 9.74. The molecule has 4 nitrogen and oxygen atoms in total. The Kier molecular flexibility index (Phi) is 2.27. The van der Waals surface area contributed by atoms with Gasteiger partial charge in [0.1, 0.15) is 11.2 Å². The molecule has 4 rings (SSSR count). The van der Waals surface area contributed by atoms with Gasteiger partial charge in [0.15, 0.2) is 0 Å². The number of amides is 1. The number of hydrogen-bond donors (Lipinski definition) is 1. The van der Waals surface area contributed by atoms with Crippen LogP contribution in [-0.2, 0) is 4.79 Å². The van der Waals surface area contributed by atoms with Crippen LogP contribution >= 0.6 is 0 Å².